The summed E-state index contributed by atoms with van der Waals surface area (Å²) in [7, 11) is 1.77. The molecule has 46 heavy (non-hydrogen) atoms. The number of halogens is 2. The topological polar surface area (TPSA) is 121 Å². The number of aryl methyl sites for hydroxylation is 1. The molecule has 1 aliphatic rings. The van der Waals surface area contributed by atoms with E-state index in [0.717, 1.165) is 19.2 Å². The van der Waals surface area contributed by atoms with Gasteiger partial charge in [0, 0.05) is 50.7 Å². The number of pyridine rings is 1. The number of rotatable bonds is 7. The number of carbonyl (C=O) groups excluding carboxylic acids is 1. The number of likely N-dealkylation sites (tertiary alicyclic amines) is 1. The minimum Gasteiger partial charge on any atom is -0.478 e. The maximum absolute atomic E-state index is 15.1. The SMILES string of the molecule is CC(=O)N1CCCC1.Cn1c(Cc2ccc(-c3cccc(OCc4ccc(C#N)cc4F)n3)cc2F)nc2ccc(C(=O)O)cc21. The summed E-state index contributed by atoms with van der Waals surface area (Å²) in [5.74, 6) is -0.938. The summed E-state index contributed by atoms with van der Waals surface area (Å²) in [6, 6.07) is 20.5. The average Bonchev–Trinajstić information content (AvgIpc) is 3.70. The summed E-state index contributed by atoms with van der Waals surface area (Å²) in [6.07, 6.45) is 2.60. The van der Waals surface area contributed by atoms with Gasteiger partial charge < -0.3 is 19.3 Å². The highest BCUT2D eigenvalue weighted by atomic mass is 19.1. The van der Waals surface area contributed by atoms with Gasteiger partial charge in [0.05, 0.1) is 33.9 Å². The zero-order chi connectivity index (χ0) is 32.8. The fraction of sp³-hybridized carbons (Fsp3) is 0.229. The van der Waals surface area contributed by atoms with E-state index in [9.17, 15) is 19.1 Å². The Kier molecular flexibility index (Phi) is 9.67. The average molecular weight is 624 g/mol. The first-order chi connectivity index (χ1) is 22.1. The molecule has 3 heterocycles. The van der Waals surface area contributed by atoms with Crippen LogP contribution in [-0.2, 0) is 24.9 Å². The molecule has 2 aromatic heterocycles. The van der Waals surface area contributed by atoms with Crippen LogP contribution in [0.2, 0.25) is 0 Å². The van der Waals surface area contributed by atoms with Crippen LogP contribution in [0.4, 0.5) is 8.78 Å². The van der Waals surface area contributed by atoms with E-state index in [0.29, 0.717) is 33.7 Å². The molecule has 1 saturated heterocycles. The third-order valence-electron chi connectivity index (χ3n) is 7.75. The molecule has 0 atom stereocenters. The monoisotopic (exact) mass is 623 g/mol. The zero-order valence-electron chi connectivity index (χ0n) is 25.3. The Labute approximate surface area is 264 Å². The molecule has 9 nitrogen and oxygen atoms in total. The van der Waals surface area contributed by atoms with Gasteiger partial charge in [-0.3, -0.25) is 4.79 Å². The predicted octanol–water partition coefficient (Wildman–Crippen LogP) is 6.28. The summed E-state index contributed by atoms with van der Waals surface area (Å²) in [5, 5.41) is 18.1. The smallest absolute Gasteiger partial charge is 0.335 e. The van der Waals surface area contributed by atoms with Gasteiger partial charge in [0.2, 0.25) is 11.8 Å². The number of nitriles is 1. The van der Waals surface area contributed by atoms with Crippen LogP contribution >= 0.6 is 0 Å². The van der Waals surface area contributed by atoms with Crippen molar-refractivity contribution in [2.45, 2.75) is 32.8 Å². The van der Waals surface area contributed by atoms with Crippen molar-refractivity contribution in [2.75, 3.05) is 13.1 Å². The molecule has 0 radical (unpaired) electrons. The highest BCUT2D eigenvalue weighted by Gasteiger charge is 2.15. The predicted molar refractivity (Wildman–Crippen MR) is 167 cm³/mol. The van der Waals surface area contributed by atoms with Crippen LogP contribution in [0, 0.1) is 23.0 Å². The van der Waals surface area contributed by atoms with Crippen molar-refractivity contribution in [3.8, 4) is 23.2 Å². The molecule has 5 aromatic rings. The van der Waals surface area contributed by atoms with Gasteiger partial charge in [0.1, 0.15) is 24.1 Å². The normalized spacial score (nSPS) is 12.4. The van der Waals surface area contributed by atoms with Crippen molar-refractivity contribution in [3.63, 3.8) is 0 Å². The Morgan fingerprint density at radius 3 is 2.35 bits per heavy atom. The second kappa shape index (κ2) is 14.0. The molecule has 1 N–H and O–H groups in total. The summed E-state index contributed by atoms with van der Waals surface area (Å²) < 4.78 is 36.6. The van der Waals surface area contributed by atoms with Crippen molar-refractivity contribution in [1.29, 1.82) is 5.26 Å². The van der Waals surface area contributed by atoms with Gasteiger partial charge in [-0.15, -0.1) is 0 Å². The molecule has 0 unspecified atom stereocenters. The van der Waals surface area contributed by atoms with Crippen molar-refractivity contribution in [2.24, 2.45) is 7.05 Å². The lowest BCUT2D eigenvalue weighted by Gasteiger charge is -2.10. The number of carboxylic acid groups (broad SMARTS) is 1. The first-order valence-electron chi connectivity index (χ1n) is 14.6. The Morgan fingerprint density at radius 2 is 1.70 bits per heavy atom. The highest BCUT2D eigenvalue weighted by Crippen LogP contribution is 2.25. The van der Waals surface area contributed by atoms with E-state index in [1.165, 1.54) is 37.1 Å². The zero-order valence-corrected chi connectivity index (χ0v) is 25.3. The van der Waals surface area contributed by atoms with Crippen LogP contribution in [0.3, 0.4) is 0 Å². The molecular weight excluding hydrogens is 592 g/mol. The molecule has 0 saturated carbocycles. The van der Waals surface area contributed by atoms with Crippen molar-refractivity contribution >= 4 is 22.9 Å². The van der Waals surface area contributed by atoms with E-state index in [1.807, 2.05) is 11.0 Å². The van der Waals surface area contributed by atoms with Gasteiger partial charge in [0.15, 0.2) is 0 Å². The van der Waals surface area contributed by atoms with Crippen molar-refractivity contribution in [3.05, 3.63) is 113 Å². The van der Waals surface area contributed by atoms with E-state index < -0.39 is 17.6 Å². The Morgan fingerprint density at radius 1 is 0.957 bits per heavy atom. The summed E-state index contributed by atoms with van der Waals surface area (Å²) in [4.78, 5) is 32.7. The van der Waals surface area contributed by atoms with Crippen LogP contribution in [0.5, 0.6) is 5.88 Å². The molecule has 0 bridgehead atoms. The third kappa shape index (κ3) is 7.35. The van der Waals surface area contributed by atoms with Gasteiger partial charge in [0.25, 0.3) is 0 Å². The lowest BCUT2D eigenvalue weighted by molar-refractivity contribution is -0.127. The molecule has 0 spiro atoms. The van der Waals surface area contributed by atoms with Gasteiger partial charge in [-0.05, 0) is 60.9 Å². The fourth-order valence-corrected chi connectivity index (χ4v) is 5.12. The maximum Gasteiger partial charge on any atom is 0.335 e. The Hall–Kier alpha value is -5.63. The lowest BCUT2D eigenvalue weighted by Crippen LogP contribution is -2.24. The van der Waals surface area contributed by atoms with E-state index >= 15 is 4.39 Å². The molecule has 6 rings (SSSR count). The quantitative estimate of drug-likeness (QED) is 0.226. The number of aromatic carboxylic acids is 1. The number of hydrogen-bond donors (Lipinski definition) is 1. The van der Waals surface area contributed by atoms with E-state index in [2.05, 4.69) is 9.97 Å². The molecule has 1 aliphatic heterocycles. The molecule has 1 fully saturated rings. The van der Waals surface area contributed by atoms with Crippen molar-refractivity contribution in [1.82, 2.24) is 19.4 Å². The number of hydrogen-bond acceptors (Lipinski definition) is 6. The number of ether oxygens (including phenoxy) is 1. The van der Waals surface area contributed by atoms with Gasteiger partial charge in [-0.2, -0.15) is 5.26 Å². The molecule has 11 heteroatoms. The summed E-state index contributed by atoms with van der Waals surface area (Å²) in [6.45, 7) is 3.52. The number of carbonyl (C=O) groups is 2. The Bertz CT molecular complexity index is 1960. The molecular formula is C35H31F2N5O4. The third-order valence-corrected chi connectivity index (χ3v) is 7.75. The van der Waals surface area contributed by atoms with Crippen LogP contribution in [0.1, 0.15) is 52.6 Å². The van der Waals surface area contributed by atoms with Crippen molar-refractivity contribution < 1.29 is 28.2 Å². The minimum absolute atomic E-state index is 0.0761. The summed E-state index contributed by atoms with van der Waals surface area (Å²) >= 11 is 0. The van der Waals surface area contributed by atoms with E-state index in [4.69, 9.17) is 10.00 Å². The minimum atomic E-state index is -1.03. The second-order valence-corrected chi connectivity index (χ2v) is 10.9. The molecule has 0 aliphatic carbocycles. The van der Waals surface area contributed by atoms with Gasteiger partial charge >= 0.3 is 5.97 Å². The molecule has 1 amide bonds. The summed E-state index contributed by atoms with van der Waals surface area (Å²) in [5.41, 5.74) is 3.39. The number of nitrogens with zero attached hydrogens (tertiary/aromatic N) is 5. The number of aromatic nitrogens is 3. The number of fused-ring (bicyclic) bond motifs is 1. The number of imidazole rings is 1. The largest absolute Gasteiger partial charge is 0.478 e. The van der Waals surface area contributed by atoms with E-state index in [1.54, 1.807) is 61.0 Å². The molecule has 234 valence electrons. The Balaban J connectivity index is 0.000000455. The van der Waals surface area contributed by atoms with Crippen LogP contribution < -0.4 is 4.74 Å². The first kappa shape index (κ1) is 31.8. The number of amides is 1. The number of carboxylic acids is 1. The number of benzene rings is 3. The standard InChI is InChI=1S/C29H20F2N4O3.C6H11NO/c1-35-26-13-20(29(36)37)9-10-25(26)33-27(35)14-18-7-8-19(12-23(18)31)24-3-2-4-28(34-24)38-16-21-6-5-17(15-32)11-22(21)30;1-6(8)7-4-2-3-5-7/h2-13H,14,16H2,1H3,(H,36,37);2-5H2,1H3. The highest BCUT2D eigenvalue weighted by molar-refractivity contribution is 5.92. The molecule has 3 aromatic carbocycles. The van der Waals surface area contributed by atoms with E-state index in [-0.39, 0.29) is 41.5 Å². The first-order valence-corrected chi connectivity index (χ1v) is 14.6. The van der Waals surface area contributed by atoms with Crippen LogP contribution in [0.15, 0.2) is 72.8 Å². The van der Waals surface area contributed by atoms with Crippen LogP contribution in [-0.4, -0.2) is 49.5 Å². The second-order valence-electron chi connectivity index (χ2n) is 10.9. The maximum atomic E-state index is 15.1. The lowest BCUT2D eigenvalue weighted by atomic mass is 10.1. The van der Waals surface area contributed by atoms with Gasteiger partial charge in [-0.25, -0.2) is 23.5 Å². The fourth-order valence-electron chi connectivity index (χ4n) is 5.12. The van der Waals surface area contributed by atoms with Crippen LogP contribution in [0.25, 0.3) is 22.3 Å². The van der Waals surface area contributed by atoms with Gasteiger partial charge in [-0.1, -0.05) is 24.3 Å².